The van der Waals surface area contributed by atoms with E-state index in [1.165, 1.54) is 18.5 Å². The number of halogens is 5. The van der Waals surface area contributed by atoms with E-state index in [0.29, 0.717) is 5.56 Å². The van der Waals surface area contributed by atoms with Crippen LogP contribution in [-0.4, -0.2) is 31.4 Å². The monoisotopic (exact) mass is 429 g/mol. The zero-order valence-corrected chi connectivity index (χ0v) is 16.0. The van der Waals surface area contributed by atoms with Gasteiger partial charge in [-0.25, -0.2) is 22.0 Å². The summed E-state index contributed by atoms with van der Waals surface area (Å²) in [5, 5.41) is 10.6. The van der Waals surface area contributed by atoms with Crippen molar-refractivity contribution in [2.75, 3.05) is 13.8 Å². The van der Waals surface area contributed by atoms with Gasteiger partial charge in [-0.2, -0.15) is 4.99 Å². The Morgan fingerprint density at radius 2 is 1.77 bits per heavy atom. The number of quaternary nitrogens is 1. The highest BCUT2D eigenvalue weighted by atomic mass is 19.2. The summed E-state index contributed by atoms with van der Waals surface area (Å²) in [4.78, 5) is 15.9. The van der Waals surface area contributed by atoms with Gasteiger partial charge in [0.05, 0.1) is 12.8 Å². The Hall–Kier alpha value is -3.34. The Labute approximate surface area is 168 Å². The summed E-state index contributed by atoms with van der Waals surface area (Å²) >= 11 is 0. The van der Waals surface area contributed by atoms with Crippen LogP contribution in [0, 0.1) is 35.6 Å². The van der Waals surface area contributed by atoms with Crippen LogP contribution in [0.15, 0.2) is 29.3 Å². The van der Waals surface area contributed by atoms with Crippen molar-refractivity contribution in [3.05, 3.63) is 58.7 Å². The first kappa shape index (κ1) is 22.9. The van der Waals surface area contributed by atoms with E-state index in [1.54, 1.807) is 6.92 Å². The summed E-state index contributed by atoms with van der Waals surface area (Å²) in [6.45, 7) is 0.0616. The van der Waals surface area contributed by atoms with Gasteiger partial charge < -0.3 is 4.74 Å². The molecule has 0 unspecified atom stereocenters. The number of guanidine groups is 1. The number of carbonyl (C=O) groups excluding carboxylic acids is 1. The summed E-state index contributed by atoms with van der Waals surface area (Å²) < 4.78 is 71.3. The molecule has 160 valence electrons. The van der Waals surface area contributed by atoms with Gasteiger partial charge >= 0.3 is 5.96 Å². The lowest BCUT2D eigenvalue weighted by Gasteiger charge is -2.10. The smallest absolute Gasteiger partial charge is 0.306 e. The fourth-order valence-corrected chi connectivity index (χ4v) is 2.37. The van der Waals surface area contributed by atoms with Crippen molar-refractivity contribution in [2.45, 2.75) is 13.5 Å². The van der Waals surface area contributed by atoms with Crippen molar-refractivity contribution in [1.29, 1.82) is 5.41 Å². The van der Waals surface area contributed by atoms with E-state index < -0.39 is 41.6 Å². The molecule has 0 saturated carbocycles. The Morgan fingerprint density at radius 1 is 1.13 bits per heavy atom. The first-order chi connectivity index (χ1) is 14.2. The second-order valence-electron chi connectivity index (χ2n) is 6.12. The van der Waals surface area contributed by atoms with Crippen molar-refractivity contribution in [1.82, 2.24) is 5.32 Å². The Kier molecular flexibility index (Phi) is 7.59. The SMILES string of the molecule is COc1cc(C)c(N=C(NC(=O)C(=N)CF)[NH2+]Cc2cc(F)c(F)c(F)c2)cc1F. The minimum absolute atomic E-state index is 0.0200. The highest BCUT2D eigenvalue weighted by Crippen LogP contribution is 2.27. The Balaban J connectivity index is 2.35. The Bertz CT molecular complexity index is 988. The van der Waals surface area contributed by atoms with Crippen LogP contribution in [0.4, 0.5) is 27.6 Å². The van der Waals surface area contributed by atoms with E-state index in [9.17, 15) is 26.7 Å². The lowest BCUT2D eigenvalue weighted by Crippen LogP contribution is -2.90. The summed E-state index contributed by atoms with van der Waals surface area (Å²) in [6.07, 6.45) is 0. The number of nitrogens with one attached hydrogen (secondary N) is 2. The molecular weight excluding hydrogens is 411 g/mol. The predicted octanol–water partition coefficient (Wildman–Crippen LogP) is 2.42. The molecule has 6 nitrogen and oxygen atoms in total. The number of aryl methyl sites for hydroxylation is 1. The van der Waals surface area contributed by atoms with Crippen molar-refractivity contribution in [3.8, 4) is 5.75 Å². The van der Waals surface area contributed by atoms with Gasteiger partial charge in [-0.15, -0.1) is 0 Å². The second kappa shape index (κ2) is 9.92. The third-order valence-corrected chi connectivity index (χ3v) is 3.94. The van der Waals surface area contributed by atoms with Gasteiger partial charge in [0.2, 0.25) is 0 Å². The molecule has 0 aliphatic carbocycles. The molecule has 11 heteroatoms. The van der Waals surface area contributed by atoms with E-state index in [4.69, 9.17) is 10.1 Å². The van der Waals surface area contributed by atoms with Gasteiger partial charge in [0.15, 0.2) is 29.0 Å². The topological polar surface area (TPSA) is 91.1 Å². The van der Waals surface area contributed by atoms with Crippen molar-refractivity contribution < 1.29 is 36.8 Å². The lowest BCUT2D eigenvalue weighted by atomic mass is 10.2. The molecule has 0 spiro atoms. The third-order valence-electron chi connectivity index (χ3n) is 3.94. The van der Waals surface area contributed by atoms with Gasteiger partial charge in [0, 0.05) is 11.6 Å². The van der Waals surface area contributed by atoms with E-state index in [0.717, 1.165) is 18.2 Å². The number of ether oxygens (including phenoxy) is 1. The second-order valence-corrected chi connectivity index (χ2v) is 6.12. The molecule has 0 aliphatic heterocycles. The number of hydrogen-bond acceptors (Lipinski definition) is 4. The van der Waals surface area contributed by atoms with E-state index in [-0.39, 0.29) is 29.5 Å². The molecule has 0 aromatic heterocycles. The fraction of sp³-hybridized carbons (Fsp3) is 0.211. The minimum atomic E-state index is -1.62. The standard InChI is InChI=1S/C19H17F5N4O2/c1-9-3-16(30-2)11(21)6-15(9)27-19(28-18(29)14(25)7-20)26-8-10-4-12(22)17(24)13(23)5-10/h3-6,25H,7-8H2,1-2H3,(H2,26,27,28,29)/p+1. The molecule has 0 bridgehead atoms. The van der Waals surface area contributed by atoms with Crippen LogP contribution in [0.25, 0.3) is 0 Å². The minimum Gasteiger partial charge on any atom is -0.494 e. The molecule has 0 radical (unpaired) electrons. The molecule has 0 aliphatic rings. The van der Waals surface area contributed by atoms with Gasteiger partial charge in [-0.1, -0.05) is 0 Å². The van der Waals surface area contributed by atoms with E-state index >= 15 is 0 Å². The zero-order valence-electron chi connectivity index (χ0n) is 16.0. The van der Waals surface area contributed by atoms with Crippen LogP contribution in [0.5, 0.6) is 5.75 Å². The van der Waals surface area contributed by atoms with Crippen LogP contribution in [0.3, 0.4) is 0 Å². The highest BCUT2D eigenvalue weighted by molar-refractivity contribution is 6.40. The summed E-state index contributed by atoms with van der Waals surface area (Å²) in [5.41, 5.74) is -0.310. The molecule has 2 rings (SSSR count). The van der Waals surface area contributed by atoms with Crippen LogP contribution in [0.2, 0.25) is 0 Å². The number of carbonyl (C=O) groups is 1. The lowest BCUT2D eigenvalue weighted by molar-refractivity contribution is -0.560. The maximum absolute atomic E-state index is 14.0. The molecule has 0 heterocycles. The first-order valence-corrected chi connectivity index (χ1v) is 8.50. The maximum atomic E-state index is 14.0. The number of aliphatic imine (C=N–C) groups is 1. The molecular formula is C19H18F5N4O2+. The molecule has 2 aromatic carbocycles. The normalized spacial score (nSPS) is 11.4. The Morgan fingerprint density at radius 3 is 2.33 bits per heavy atom. The number of rotatable bonds is 6. The van der Waals surface area contributed by atoms with Crippen LogP contribution in [0.1, 0.15) is 11.1 Å². The number of methoxy groups -OCH3 is 1. The highest BCUT2D eigenvalue weighted by Gasteiger charge is 2.18. The third kappa shape index (κ3) is 5.60. The number of nitrogens with zero attached hydrogens (tertiary/aromatic N) is 1. The fourth-order valence-electron chi connectivity index (χ4n) is 2.37. The van der Waals surface area contributed by atoms with Crippen molar-refractivity contribution in [3.63, 3.8) is 0 Å². The van der Waals surface area contributed by atoms with Gasteiger partial charge in [-0.05, 0) is 30.7 Å². The number of alkyl halides is 1. The number of hydrogen-bond donors (Lipinski definition) is 3. The maximum Gasteiger partial charge on any atom is 0.306 e. The molecule has 0 fully saturated rings. The molecule has 2 aromatic rings. The van der Waals surface area contributed by atoms with E-state index in [2.05, 4.69) is 10.3 Å². The van der Waals surface area contributed by atoms with Crippen LogP contribution < -0.4 is 15.4 Å². The van der Waals surface area contributed by atoms with Crippen LogP contribution in [-0.2, 0) is 11.3 Å². The van der Waals surface area contributed by atoms with Gasteiger partial charge in [0.1, 0.15) is 18.9 Å². The molecule has 1 amide bonds. The molecule has 0 saturated heterocycles. The first-order valence-electron chi connectivity index (χ1n) is 8.50. The van der Waals surface area contributed by atoms with Gasteiger partial charge in [0.25, 0.3) is 5.91 Å². The van der Waals surface area contributed by atoms with E-state index in [1.807, 2.05) is 0 Å². The summed E-state index contributed by atoms with van der Waals surface area (Å²) in [7, 11) is 1.28. The average Bonchev–Trinajstić information content (AvgIpc) is 2.71. The molecule has 4 N–H and O–H groups in total. The average molecular weight is 429 g/mol. The van der Waals surface area contributed by atoms with Crippen LogP contribution >= 0.6 is 0 Å². The molecule has 0 atom stereocenters. The number of benzene rings is 2. The van der Waals surface area contributed by atoms with Crippen molar-refractivity contribution >= 4 is 23.3 Å². The zero-order chi connectivity index (χ0) is 22.4. The predicted molar refractivity (Wildman–Crippen MR) is 98.6 cm³/mol. The summed E-state index contributed by atoms with van der Waals surface area (Å²) in [5.74, 6) is -6.50. The molecule has 30 heavy (non-hydrogen) atoms. The van der Waals surface area contributed by atoms with Crippen molar-refractivity contribution in [2.24, 2.45) is 4.99 Å². The van der Waals surface area contributed by atoms with Gasteiger partial charge in [-0.3, -0.25) is 20.8 Å². The largest absolute Gasteiger partial charge is 0.494 e. The number of amides is 1. The number of nitrogens with two attached hydrogens (primary N) is 1. The quantitative estimate of drug-likeness (QED) is 0.285. The summed E-state index contributed by atoms with van der Waals surface area (Å²) in [6, 6.07) is 3.92.